The number of hydrogen-bond acceptors (Lipinski definition) is 1. The molecule has 3 heteroatoms. The molecule has 0 aromatic heterocycles. The average Bonchev–Trinajstić information content (AvgIpc) is 2.31. The lowest BCUT2D eigenvalue weighted by Crippen LogP contribution is -2.35. The van der Waals surface area contributed by atoms with Crippen molar-refractivity contribution in [2.24, 2.45) is 5.92 Å². The van der Waals surface area contributed by atoms with E-state index in [1.54, 1.807) is 4.90 Å². The molecular weight excluding hydrogens is 214 g/mol. The van der Waals surface area contributed by atoms with Gasteiger partial charge in [-0.3, -0.25) is 4.79 Å². The summed E-state index contributed by atoms with van der Waals surface area (Å²) in [5.41, 5.74) is 2.04. The van der Waals surface area contributed by atoms with E-state index in [1.807, 2.05) is 45.0 Å². The summed E-state index contributed by atoms with van der Waals surface area (Å²) in [6, 6.07) is 7.82. The summed E-state index contributed by atoms with van der Waals surface area (Å²) in [5, 5.41) is 10.6. The topological polar surface area (TPSA) is 40.2 Å². The molecule has 3 nitrogen and oxygen atoms in total. The molecule has 93 valence electrons. The van der Waals surface area contributed by atoms with Crippen LogP contribution < -0.4 is 4.90 Å². The Balaban J connectivity index is 2.89. The monoisotopic (exact) mass is 234 g/mol. The Morgan fingerprint density at radius 1 is 1.24 bits per heavy atom. The highest BCUT2D eigenvalue weighted by molar-refractivity contribution is 5.94. The van der Waals surface area contributed by atoms with Gasteiger partial charge in [-0.1, -0.05) is 31.5 Å². The molecule has 0 saturated heterocycles. The van der Waals surface area contributed by atoms with Crippen LogP contribution in [0.4, 0.5) is 5.69 Å². The molecule has 17 heavy (non-hydrogen) atoms. The minimum atomic E-state index is -0.145. The standard InChI is InChI=1S/C14H20NO2/c1-11(2)14(17)15(9-4-10-16)13-7-5-12(3)6-8-13/h5-8,11H,4,9-10H2,1-3H3. The van der Waals surface area contributed by atoms with Crippen LogP contribution in [0.1, 0.15) is 25.8 Å². The van der Waals surface area contributed by atoms with Crippen molar-refractivity contribution in [3.8, 4) is 0 Å². The molecule has 0 fully saturated rings. The molecule has 1 amide bonds. The van der Waals surface area contributed by atoms with Gasteiger partial charge in [0, 0.05) is 18.2 Å². The molecule has 0 aliphatic heterocycles. The number of rotatable bonds is 5. The Bertz CT molecular complexity index is 357. The molecular formula is C14H20NO2. The van der Waals surface area contributed by atoms with Crippen LogP contribution in [0, 0.1) is 12.8 Å². The van der Waals surface area contributed by atoms with Crippen LogP contribution in [-0.4, -0.2) is 19.1 Å². The summed E-state index contributed by atoms with van der Waals surface area (Å²) in [6.45, 7) is 6.12. The smallest absolute Gasteiger partial charge is 0.229 e. The van der Waals surface area contributed by atoms with Crippen molar-refractivity contribution in [2.45, 2.75) is 27.2 Å². The maximum atomic E-state index is 12.1. The first kappa shape index (κ1) is 13.7. The Hall–Kier alpha value is -1.35. The Labute approximate surface area is 103 Å². The van der Waals surface area contributed by atoms with Crippen molar-refractivity contribution in [1.82, 2.24) is 0 Å². The first-order valence-electron chi connectivity index (χ1n) is 6.02. The molecule has 0 aliphatic carbocycles. The maximum absolute atomic E-state index is 12.1. The second-order valence-corrected chi connectivity index (χ2v) is 4.54. The second-order valence-electron chi connectivity index (χ2n) is 4.54. The van der Waals surface area contributed by atoms with Crippen LogP contribution in [0.3, 0.4) is 0 Å². The molecule has 1 aromatic rings. The van der Waals surface area contributed by atoms with Gasteiger partial charge in [0.05, 0.1) is 6.61 Å². The van der Waals surface area contributed by atoms with Gasteiger partial charge in [0.15, 0.2) is 0 Å². The van der Waals surface area contributed by atoms with Crippen molar-refractivity contribution in [3.63, 3.8) is 0 Å². The van der Waals surface area contributed by atoms with Gasteiger partial charge >= 0.3 is 0 Å². The molecule has 1 radical (unpaired) electrons. The van der Waals surface area contributed by atoms with E-state index in [1.165, 1.54) is 0 Å². The van der Waals surface area contributed by atoms with Crippen LogP contribution in [0.25, 0.3) is 0 Å². The van der Waals surface area contributed by atoms with Crippen molar-refractivity contribution < 1.29 is 9.90 Å². The fourth-order valence-electron chi connectivity index (χ4n) is 1.63. The molecule has 0 bridgehead atoms. The van der Waals surface area contributed by atoms with Gasteiger partial charge in [0.25, 0.3) is 0 Å². The molecule has 0 saturated carbocycles. The number of benzene rings is 1. The lowest BCUT2D eigenvalue weighted by atomic mass is 10.1. The lowest BCUT2D eigenvalue weighted by molar-refractivity contribution is -0.121. The second kappa shape index (κ2) is 6.40. The highest BCUT2D eigenvalue weighted by atomic mass is 16.3. The van der Waals surface area contributed by atoms with E-state index >= 15 is 0 Å². The van der Waals surface area contributed by atoms with Crippen molar-refractivity contribution in [1.29, 1.82) is 0 Å². The van der Waals surface area contributed by atoms with Gasteiger partial charge in [0.2, 0.25) is 5.91 Å². The minimum Gasteiger partial charge on any atom is -0.312 e. The summed E-state index contributed by atoms with van der Waals surface area (Å²) in [7, 11) is 0. The highest BCUT2D eigenvalue weighted by Crippen LogP contribution is 2.18. The number of aryl methyl sites for hydroxylation is 1. The summed E-state index contributed by atoms with van der Waals surface area (Å²) < 4.78 is 0. The predicted molar refractivity (Wildman–Crippen MR) is 68.5 cm³/mol. The zero-order chi connectivity index (χ0) is 12.8. The van der Waals surface area contributed by atoms with Gasteiger partial charge in [-0.05, 0) is 25.5 Å². The summed E-state index contributed by atoms with van der Waals surface area (Å²) in [6.07, 6.45) is 0.492. The zero-order valence-electron chi connectivity index (χ0n) is 10.8. The van der Waals surface area contributed by atoms with E-state index in [9.17, 15) is 9.90 Å². The summed E-state index contributed by atoms with van der Waals surface area (Å²) >= 11 is 0. The van der Waals surface area contributed by atoms with E-state index in [4.69, 9.17) is 0 Å². The van der Waals surface area contributed by atoms with Crippen molar-refractivity contribution >= 4 is 11.6 Å². The zero-order valence-corrected chi connectivity index (χ0v) is 10.8. The van der Waals surface area contributed by atoms with Gasteiger partial charge in [0.1, 0.15) is 0 Å². The van der Waals surface area contributed by atoms with Crippen molar-refractivity contribution in [3.05, 3.63) is 29.8 Å². The lowest BCUT2D eigenvalue weighted by Gasteiger charge is -2.24. The largest absolute Gasteiger partial charge is 0.312 e. The molecule has 0 N–H and O–H groups in total. The predicted octanol–water partition coefficient (Wildman–Crippen LogP) is 2.80. The van der Waals surface area contributed by atoms with Gasteiger partial charge < -0.3 is 4.90 Å². The molecule has 0 spiro atoms. The highest BCUT2D eigenvalue weighted by Gasteiger charge is 2.18. The SMILES string of the molecule is Cc1ccc(N(CCC[O])C(=O)C(C)C)cc1. The van der Waals surface area contributed by atoms with Gasteiger partial charge in [-0.2, -0.15) is 0 Å². The number of anilines is 1. The van der Waals surface area contributed by atoms with Gasteiger partial charge in [-0.15, -0.1) is 0 Å². The quantitative estimate of drug-likeness (QED) is 0.772. The third-order valence-corrected chi connectivity index (χ3v) is 2.63. The number of nitrogens with zero attached hydrogens (tertiary/aromatic N) is 1. The number of carbonyl (C=O) groups is 1. The number of amides is 1. The molecule has 0 unspecified atom stereocenters. The third-order valence-electron chi connectivity index (χ3n) is 2.63. The first-order chi connectivity index (χ1) is 8.06. The number of hydrogen-bond donors (Lipinski definition) is 0. The molecule has 0 atom stereocenters. The van der Waals surface area contributed by atoms with Crippen LogP contribution in [-0.2, 0) is 9.90 Å². The normalized spacial score (nSPS) is 10.6. The Morgan fingerprint density at radius 3 is 2.29 bits per heavy atom. The fourth-order valence-corrected chi connectivity index (χ4v) is 1.63. The van der Waals surface area contributed by atoms with E-state index in [0.717, 1.165) is 11.3 Å². The average molecular weight is 234 g/mol. The summed E-state index contributed by atoms with van der Waals surface area (Å²) in [4.78, 5) is 13.8. The van der Waals surface area contributed by atoms with E-state index in [0.29, 0.717) is 13.0 Å². The molecule has 0 heterocycles. The third kappa shape index (κ3) is 3.86. The first-order valence-corrected chi connectivity index (χ1v) is 6.02. The molecule has 1 rings (SSSR count). The van der Waals surface area contributed by atoms with Crippen LogP contribution in [0.15, 0.2) is 24.3 Å². The van der Waals surface area contributed by atoms with E-state index < -0.39 is 0 Å². The maximum Gasteiger partial charge on any atom is 0.229 e. The fraction of sp³-hybridized carbons (Fsp3) is 0.500. The van der Waals surface area contributed by atoms with Gasteiger partial charge in [-0.25, -0.2) is 5.11 Å². The van der Waals surface area contributed by atoms with Crippen molar-refractivity contribution in [2.75, 3.05) is 18.1 Å². The molecule has 1 aromatic carbocycles. The Kier molecular flexibility index (Phi) is 5.16. The van der Waals surface area contributed by atoms with Crippen LogP contribution in [0.2, 0.25) is 0 Å². The summed E-state index contributed by atoms with van der Waals surface area (Å²) in [5.74, 6) is 0.0188. The number of carbonyl (C=O) groups excluding carboxylic acids is 1. The minimum absolute atomic E-state index is 0.0528. The molecule has 0 aliphatic rings. The van der Waals surface area contributed by atoms with E-state index in [-0.39, 0.29) is 18.4 Å². The van der Waals surface area contributed by atoms with E-state index in [2.05, 4.69) is 0 Å². The van der Waals surface area contributed by atoms with Crippen LogP contribution >= 0.6 is 0 Å². The van der Waals surface area contributed by atoms with Crippen LogP contribution in [0.5, 0.6) is 0 Å². The Morgan fingerprint density at radius 2 is 1.82 bits per heavy atom.